The molecule has 2 aromatic rings. The molecular formula is C30H39FN2O5Si. The van der Waals surface area contributed by atoms with Crippen molar-refractivity contribution in [2.45, 2.75) is 76.0 Å². The van der Waals surface area contributed by atoms with Gasteiger partial charge >= 0.3 is 0 Å². The predicted molar refractivity (Wildman–Crippen MR) is 150 cm³/mol. The van der Waals surface area contributed by atoms with Crippen LogP contribution in [0.4, 0.5) is 9.80 Å². The number of benzene rings is 2. The van der Waals surface area contributed by atoms with Crippen molar-refractivity contribution >= 4 is 25.9 Å². The Morgan fingerprint density at radius 1 is 1.23 bits per heavy atom. The van der Waals surface area contributed by atoms with Crippen molar-refractivity contribution in [2.24, 2.45) is 5.92 Å². The van der Waals surface area contributed by atoms with Gasteiger partial charge in [-0.3, -0.25) is 9.59 Å². The summed E-state index contributed by atoms with van der Waals surface area (Å²) in [6.45, 7) is 6.21. The quantitative estimate of drug-likeness (QED) is 0.394. The fourth-order valence-electron chi connectivity index (χ4n) is 6.55. The average Bonchev–Trinajstić information content (AvgIpc) is 3.35. The normalized spacial score (nSPS) is 25.6. The number of nitrogens with zero attached hydrogens (tertiary/aromatic N) is 2. The number of anilines is 1. The molecule has 2 aromatic carbocycles. The summed E-state index contributed by atoms with van der Waals surface area (Å²) in [5.41, 5.74) is 3.25. The Kier molecular flexibility index (Phi) is 7.86. The van der Waals surface area contributed by atoms with Crippen molar-refractivity contribution in [3.8, 4) is 5.75 Å². The Hall–Kier alpha value is -2.75. The van der Waals surface area contributed by atoms with Crippen molar-refractivity contribution in [1.29, 1.82) is 0 Å². The third kappa shape index (κ3) is 5.36. The summed E-state index contributed by atoms with van der Waals surface area (Å²) in [4.78, 5) is 29.6. The van der Waals surface area contributed by atoms with E-state index in [0.29, 0.717) is 31.7 Å². The molecule has 3 aliphatic rings. The van der Waals surface area contributed by atoms with Gasteiger partial charge in [0, 0.05) is 55.8 Å². The number of aliphatic hydroxyl groups is 1. The standard InChI is InChI=1S/C30H39FN2O5Si/c1-19-29(37-2)24-15-22(32-13-7-10-27(32)35)11-12-25(24)38-30(19)26(39(3,4)31)16-28(36)33-17-21-9-6-5-8-20(21)14-23(33)18-34/h5-6,8-9,11-12,15,19,23,26,29-30,34H,7,10,13-14,16-18H2,1-4H3/t19-,23+,26?,29-,30-/m1/s1. The number of halogens is 1. The van der Waals surface area contributed by atoms with E-state index in [1.54, 1.807) is 30.0 Å². The third-order valence-electron chi connectivity index (χ3n) is 8.76. The van der Waals surface area contributed by atoms with E-state index in [2.05, 4.69) is 0 Å². The molecule has 0 aliphatic carbocycles. The van der Waals surface area contributed by atoms with E-state index in [4.69, 9.17) is 9.47 Å². The number of amides is 2. The molecule has 1 unspecified atom stereocenters. The van der Waals surface area contributed by atoms with Crippen LogP contribution >= 0.6 is 0 Å². The Bertz CT molecular complexity index is 1230. The summed E-state index contributed by atoms with van der Waals surface area (Å²) < 4.78 is 28.5. The summed E-state index contributed by atoms with van der Waals surface area (Å²) in [6, 6.07) is 13.3. The maximum absolute atomic E-state index is 16.0. The largest absolute Gasteiger partial charge is 0.490 e. The zero-order valence-corrected chi connectivity index (χ0v) is 24.2. The number of carbonyl (C=O) groups is 2. The van der Waals surface area contributed by atoms with Crippen LogP contribution in [-0.2, 0) is 27.3 Å². The van der Waals surface area contributed by atoms with E-state index in [1.807, 2.05) is 49.4 Å². The zero-order valence-electron chi connectivity index (χ0n) is 23.2. The second-order valence-electron chi connectivity index (χ2n) is 11.7. The fourth-order valence-corrected chi connectivity index (χ4v) is 8.36. The van der Waals surface area contributed by atoms with Crippen molar-refractivity contribution in [3.05, 3.63) is 59.2 Å². The van der Waals surface area contributed by atoms with Gasteiger partial charge < -0.3 is 28.5 Å². The van der Waals surface area contributed by atoms with E-state index in [-0.39, 0.29) is 42.9 Å². The summed E-state index contributed by atoms with van der Waals surface area (Å²) in [7, 11) is -1.76. The zero-order chi connectivity index (χ0) is 27.9. The number of hydrogen-bond acceptors (Lipinski definition) is 5. The molecule has 5 atom stereocenters. The molecule has 0 bridgehead atoms. The first-order valence-electron chi connectivity index (χ1n) is 13.9. The SMILES string of the molecule is CO[C@H]1c2cc(N3CCCC3=O)ccc2O[C@@H](C(CC(=O)N2Cc3ccccc3C[C@H]2CO)[Si](C)(C)F)[C@@H]1C. The molecule has 210 valence electrons. The van der Waals surface area contributed by atoms with Crippen LogP contribution in [0.2, 0.25) is 18.6 Å². The molecule has 9 heteroatoms. The van der Waals surface area contributed by atoms with Crippen molar-refractivity contribution < 1.29 is 28.3 Å². The molecule has 1 saturated heterocycles. The number of methoxy groups -OCH3 is 1. The van der Waals surface area contributed by atoms with Gasteiger partial charge in [0.1, 0.15) is 11.9 Å². The molecule has 7 nitrogen and oxygen atoms in total. The Balaban J connectivity index is 1.41. The lowest BCUT2D eigenvalue weighted by molar-refractivity contribution is -0.136. The van der Waals surface area contributed by atoms with Gasteiger partial charge in [-0.15, -0.1) is 0 Å². The van der Waals surface area contributed by atoms with Crippen LogP contribution in [0.15, 0.2) is 42.5 Å². The summed E-state index contributed by atoms with van der Waals surface area (Å²) >= 11 is 0. The predicted octanol–water partition coefficient (Wildman–Crippen LogP) is 4.78. The van der Waals surface area contributed by atoms with Gasteiger partial charge in [-0.25, -0.2) is 0 Å². The minimum absolute atomic E-state index is 0.00945. The lowest BCUT2D eigenvalue weighted by Crippen LogP contribution is -2.50. The minimum atomic E-state index is -3.39. The van der Waals surface area contributed by atoms with Gasteiger partial charge in [0.2, 0.25) is 20.2 Å². The smallest absolute Gasteiger partial charge is 0.248 e. The average molecular weight is 555 g/mol. The summed E-state index contributed by atoms with van der Waals surface area (Å²) in [5, 5.41) is 10.1. The van der Waals surface area contributed by atoms with Crippen LogP contribution in [0.25, 0.3) is 0 Å². The first kappa shape index (κ1) is 27.8. The summed E-state index contributed by atoms with van der Waals surface area (Å²) in [6.07, 6.45) is 1.06. The molecule has 5 rings (SSSR count). The van der Waals surface area contributed by atoms with Gasteiger partial charge in [-0.1, -0.05) is 31.2 Å². The van der Waals surface area contributed by atoms with Gasteiger partial charge in [0.25, 0.3) is 0 Å². The highest BCUT2D eigenvalue weighted by atomic mass is 28.4. The van der Waals surface area contributed by atoms with Crippen LogP contribution in [0.3, 0.4) is 0 Å². The molecule has 0 radical (unpaired) electrons. The monoisotopic (exact) mass is 554 g/mol. The molecule has 0 aromatic heterocycles. The van der Waals surface area contributed by atoms with Gasteiger partial charge in [-0.2, -0.15) is 0 Å². The van der Waals surface area contributed by atoms with Crippen LogP contribution < -0.4 is 9.64 Å². The van der Waals surface area contributed by atoms with Crippen molar-refractivity contribution in [2.75, 3.05) is 25.2 Å². The molecule has 3 heterocycles. The topological polar surface area (TPSA) is 79.3 Å². The Morgan fingerprint density at radius 3 is 2.62 bits per heavy atom. The lowest BCUT2D eigenvalue weighted by atomic mass is 9.86. The molecule has 0 saturated carbocycles. The third-order valence-corrected chi connectivity index (χ3v) is 11.1. The van der Waals surface area contributed by atoms with Crippen LogP contribution in [0, 0.1) is 5.92 Å². The minimum Gasteiger partial charge on any atom is -0.490 e. The summed E-state index contributed by atoms with van der Waals surface area (Å²) in [5.74, 6) is 0.335. The first-order valence-corrected chi connectivity index (χ1v) is 16.9. The fraction of sp³-hybridized carbons (Fsp3) is 0.533. The number of hydrogen-bond donors (Lipinski definition) is 1. The number of carbonyl (C=O) groups excluding carboxylic acids is 2. The second-order valence-corrected chi connectivity index (χ2v) is 15.5. The van der Waals surface area contributed by atoms with Gasteiger partial charge in [-0.05, 0) is 55.3 Å². The molecule has 1 N–H and O–H groups in total. The molecular weight excluding hydrogens is 515 g/mol. The van der Waals surface area contributed by atoms with Crippen molar-refractivity contribution in [1.82, 2.24) is 4.90 Å². The van der Waals surface area contributed by atoms with E-state index in [9.17, 15) is 14.7 Å². The second kappa shape index (κ2) is 11.0. The van der Waals surface area contributed by atoms with Crippen LogP contribution in [-0.4, -0.2) is 62.6 Å². The molecule has 3 aliphatic heterocycles. The number of rotatable bonds is 7. The maximum atomic E-state index is 16.0. The molecule has 39 heavy (non-hydrogen) atoms. The van der Waals surface area contributed by atoms with Gasteiger partial charge in [0.15, 0.2) is 0 Å². The van der Waals surface area contributed by atoms with Crippen LogP contribution in [0.1, 0.15) is 49.0 Å². The van der Waals surface area contributed by atoms with E-state index in [1.165, 1.54) is 0 Å². The Labute approximate surface area is 231 Å². The molecule has 0 spiro atoms. The highest BCUT2D eigenvalue weighted by Crippen LogP contribution is 2.48. The number of ether oxygens (including phenoxy) is 2. The lowest BCUT2D eigenvalue weighted by Gasteiger charge is -2.44. The Morgan fingerprint density at radius 2 is 1.97 bits per heavy atom. The highest BCUT2D eigenvalue weighted by Gasteiger charge is 2.49. The molecule has 1 fully saturated rings. The van der Waals surface area contributed by atoms with Crippen molar-refractivity contribution in [3.63, 3.8) is 0 Å². The van der Waals surface area contributed by atoms with E-state index < -0.39 is 20.1 Å². The number of fused-ring (bicyclic) bond motifs is 2. The highest BCUT2D eigenvalue weighted by molar-refractivity contribution is 6.72. The first-order chi connectivity index (χ1) is 18.6. The van der Waals surface area contributed by atoms with E-state index in [0.717, 1.165) is 28.8 Å². The number of aliphatic hydroxyl groups excluding tert-OH is 1. The molecule has 2 amide bonds. The van der Waals surface area contributed by atoms with E-state index >= 15 is 4.11 Å². The maximum Gasteiger partial charge on any atom is 0.248 e. The van der Waals surface area contributed by atoms with Crippen LogP contribution in [0.5, 0.6) is 5.75 Å². The van der Waals surface area contributed by atoms with Gasteiger partial charge in [0.05, 0.1) is 18.8 Å².